The molecule has 1 saturated heterocycles. The summed E-state index contributed by atoms with van der Waals surface area (Å²) in [6.07, 6.45) is 6.90. The zero-order valence-corrected chi connectivity index (χ0v) is 11.8. The zero-order valence-electron chi connectivity index (χ0n) is 11.8. The molecule has 0 aromatic heterocycles. The van der Waals surface area contributed by atoms with Crippen molar-refractivity contribution in [1.82, 2.24) is 15.1 Å². The summed E-state index contributed by atoms with van der Waals surface area (Å²) in [5.74, 6) is 1.16. The largest absolute Gasteiger partial charge is 0.347 e. The minimum atomic E-state index is 0.0511. The fourth-order valence-corrected chi connectivity index (χ4v) is 3.20. The van der Waals surface area contributed by atoms with Crippen LogP contribution in [0.25, 0.3) is 0 Å². The van der Waals surface area contributed by atoms with Crippen molar-refractivity contribution in [1.29, 1.82) is 0 Å². The van der Waals surface area contributed by atoms with E-state index in [0.717, 1.165) is 32.1 Å². The van der Waals surface area contributed by atoms with Crippen LogP contribution in [0, 0.1) is 5.92 Å². The number of carbonyl (C=O) groups excluding carboxylic acids is 1. The van der Waals surface area contributed by atoms with E-state index >= 15 is 0 Å². The molecule has 1 amide bonds. The van der Waals surface area contributed by atoms with Crippen LogP contribution in [0.15, 0.2) is 0 Å². The maximum Gasteiger partial charge on any atom is 0.240 e. The van der Waals surface area contributed by atoms with Gasteiger partial charge in [-0.15, -0.1) is 0 Å². The lowest BCUT2D eigenvalue weighted by Gasteiger charge is -2.36. The molecule has 0 bridgehead atoms. The molecule has 0 aromatic rings. The average molecular weight is 253 g/mol. The third-order valence-electron chi connectivity index (χ3n) is 4.38. The molecule has 2 rings (SSSR count). The van der Waals surface area contributed by atoms with Crippen molar-refractivity contribution in [3.63, 3.8) is 0 Å². The average Bonchev–Trinajstić information content (AvgIpc) is 2.89. The fourth-order valence-electron chi connectivity index (χ4n) is 3.20. The van der Waals surface area contributed by atoms with Crippen LogP contribution >= 0.6 is 0 Å². The lowest BCUT2D eigenvalue weighted by atomic mass is 10.0. The minimum Gasteiger partial charge on any atom is -0.347 e. The quantitative estimate of drug-likeness (QED) is 0.809. The van der Waals surface area contributed by atoms with Crippen molar-refractivity contribution < 1.29 is 4.79 Å². The van der Waals surface area contributed by atoms with Crippen LogP contribution < -0.4 is 5.32 Å². The molecule has 1 N–H and O–H groups in total. The number of hydrogen-bond acceptors (Lipinski definition) is 3. The van der Waals surface area contributed by atoms with Crippen LogP contribution in [0.4, 0.5) is 0 Å². The molecule has 1 saturated carbocycles. The van der Waals surface area contributed by atoms with Crippen molar-refractivity contribution in [2.75, 3.05) is 40.3 Å². The fraction of sp³-hybridized carbons (Fsp3) is 0.929. The standard InChI is InChI=1S/C14H27N3O/c1-16(2)14(18)13-11-15-8-10-17(13)9-7-12-5-3-4-6-12/h12-13,15H,3-11H2,1-2H3. The highest BCUT2D eigenvalue weighted by molar-refractivity contribution is 5.81. The molecule has 4 heteroatoms. The van der Waals surface area contributed by atoms with Gasteiger partial charge in [0.05, 0.1) is 0 Å². The number of nitrogens with one attached hydrogen (secondary N) is 1. The number of likely N-dealkylation sites (N-methyl/N-ethyl adjacent to an activating group) is 1. The van der Waals surface area contributed by atoms with Crippen molar-refractivity contribution in [2.45, 2.75) is 38.1 Å². The smallest absolute Gasteiger partial charge is 0.240 e. The second kappa shape index (κ2) is 6.53. The summed E-state index contributed by atoms with van der Waals surface area (Å²) in [4.78, 5) is 16.3. The lowest BCUT2D eigenvalue weighted by molar-refractivity contribution is -0.135. The third kappa shape index (κ3) is 3.45. The number of piperazine rings is 1. The topological polar surface area (TPSA) is 35.6 Å². The van der Waals surface area contributed by atoms with Crippen LogP contribution in [-0.4, -0.2) is 62.0 Å². The first-order valence-corrected chi connectivity index (χ1v) is 7.34. The van der Waals surface area contributed by atoms with Crippen molar-refractivity contribution in [2.24, 2.45) is 5.92 Å². The van der Waals surface area contributed by atoms with Gasteiger partial charge in [0.1, 0.15) is 6.04 Å². The maximum absolute atomic E-state index is 12.1. The summed E-state index contributed by atoms with van der Waals surface area (Å²) in [6.45, 7) is 3.93. The predicted octanol–water partition coefficient (Wildman–Crippen LogP) is 0.929. The van der Waals surface area contributed by atoms with Crippen molar-refractivity contribution in [3.8, 4) is 0 Å². The van der Waals surface area contributed by atoms with Gasteiger partial charge < -0.3 is 10.2 Å². The van der Waals surface area contributed by atoms with E-state index in [1.807, 2.05) is 14.1 Å². The SMILES string of the molecule is CN(C)C(=O)C1CNCCN1CCC1CCCC1. The van der Waals surface area contributed by atoms with Crippen LogP contribution in [-0.2, 0) is 4.79 Å². The van der Waals surface area contributed by atoms with Crippen molar-refractivity contribution >= 4 is 5.91 Å². The normalized spacial score (nSPS) is 26.4. The molecule has 1 aliphatic heterocycles. The molecule has 4 nitrogen and oxygen atoms in total. The van der Waals surface area contributed by atoms with E-state index in [1.165, 1.54) is 32.1 Å². The summed E-state index contributed by atoms with van der Waals surface area (Å²) in [7, 11) is 3.71. The highest BCUT2D eigenvalue weighted by Crippen LogP contribution is 2.27. The van der Waals surface area contributed by atoms with Crippen LogP contribution in [0.1, 0.15) is 32.1 Å². The highest BCUT2D eigenvalue weighted by Gasteiger charge is 2.30. The van der Waals surface area contributed by atoms with Gasteiger partial charge >= 0.3 is 0 Å². The number of hydrogen-bond donors (Lipinski definition) is 1. The second-order valence-electron chi connectivity index (χ2n) is 5.93. The van der Waals surface area contributed by atoms with Gasteiger partial charge in [-0.2, -0.15) is 0 Å². The van der Waals surface area contributed by atoms with Gasteiger partial charge in [0.2, 0.25) is 5.91 Å². The molecule has 0 aromatic carbocycles. The molecule has 1 aliphatic carbocycles. The van der Waals surface area contributed by atoms with E-state index in [1.54, 1.807) is 4.90 Å². The van der Waals surface area contributed by atoms with Crippen LogP contribution in [0.5, 0.6) is 0 Å². The van der Waals surface area contributed by atoms with Gasteiger partial charge in [0.15, 0.2) is 0 Å². The Morgan fingerprint density at radius 2 is 2.06 bits per heavy atom. The minimum absolute atomic E-state index is 0.0511. The highest BCUT2D eigenvalue weighted by atomic mass is 16.2. The molecule has 0 radical (unpaired) electrons. The maximum atomic E-state index is 12.1. The molecular weight excluding hydrogens is 226 g/mol. The Morgan fingerprint density at radius 1 is 1.33 bits per heavy atom. The molecule has 1 unspecified atom stereocenters. The van der Waals surface area contributed by atoms with E-state index in [-0.39, 0.29) is 11.9 Å². The Morgan fingerprint density at radius 3 is 2.72 bits per heavy atom. The summed E-state index contributed by atoms with van der Waals surface area (Å²) in [5.41, 5.74) is 0. The van der Waals surface area contributed by atoms with E-state index < -0.39 is 0 Å². The summed E-state index contributed by atoms with van der Waals surface area (Å²) >= 11 is 0. The molecule has 18 heavy (non-hydrogen) atoms. The lowest BCUT2D eigenvalue weighted by Crippen LogP contribution is -2.57. The first kappa shape index (κ1) is 13.8. The van der Waals surface area contributed by atoms with Gasteiger partial charge in [-0.05, 0) is 18.9 Å². The van der Waals surface area contributed by atoms with Gasteiger partial charge in [0, 0.05) is 33.7 Å². The van der Waals surface area contributed by atoms with E-state index in [4.69, 9.17) is 0 Å². The molecule has 2 fully saturated rings. The van der Waals surface area contributed by atoms with Gasteiger partial charge in [-0.3, -0.25) is 9.69 Å². The van der Waals surface area contributed by atoms with Crippen LogP contribution in [0.2, 0.25) is 0 Å². The number of nitrogens with zero attached hydrogens (tertiary/aromatic N) is 2. The first-order chi connectivity index (χ1) is 8.68. The Bertz CT molecular complexity index is 274. The Labute approximate surface area is 111 Å². The monoisotopic (exact) mass is 253 g/mol. The summed E-state index contributed by atoms with van der Waals surface area (Å²) < 4.78 is 0. The molecular formula is C14H27N3O. The van der Waals surface area contributed by atoms with E-state index in [9.17, 15) is 4.79 Å². The number of carbonyl (C=O) groups is 1. The molecule has 1 heterocycles. The molecule has 2 aliphatic rings. The Balaban J connectivity index is 1.84. The predicted molar refractivity (Wildman–Crippen MR) is 73.5 cm³/mol. The number of amides is 1. The molecule has 104 valence electrons. The number of rotatable bonds is 4. The van der Waals surface area contributed by atoms with Crippen molar-refractivity contribution in [3.05, 3.63) is 0 Å². The van der Waals surface area contributed by atoms with E-state index in [0.29, 0.717) is 0 Å². The summed E-state index contributed by atoms with van der Waals surface area (Å²) in [6, 6.07) is 0.0511. The third-order valence-corrected chi connectivity index (χ3v) is 4.38. The van der Waals surface area contributed by atoms with Crippen LogP contribution in [0.3, 0.4) is 0 Å². The zero-order chi connectivity index (χ0) is 13.0. The molecule has 1 atom stereocenters. The Kier molecular flexibility index (Phi) is 5.01. The second-order valence-corrected chi connectivity index (χ2v) is 5.93. The summed E-state index contributed by atoms with van der Waals surface area (Å²) in [5, 5.41) is 3.34. The molecule has 0 spiro atoms. The van der Waals surface area contributed by atoms with Gasteiger partial charge in [0.25, 0.3) is 0 Å². The van der Waals surface area contributed by atoms with Gasteiger partial charge in [-0.1, -0.05) is 25.7 Å². The Hall–Kier alpha value is -0.610. The first-order valence-electron chi connectivity index (χ1n) is 7.34. The van der Waals surface area contributed by atoms with Gasteiger partial charge in [-0.25, -0.2) is 0 Å². The van der Waals surface area contributed by atoms with E-state index in [2.05, 4.69) is 10.2 Å².